The lowest BCUT2D eigenvalue weighted by Gasteiger charge is -2.37. The summed E-state index contributed by atoms with van der Waals surface area (Å²) in [5.74, 6) is 2.42. The summed E-state index contributed by atoms with van der Waals surface area (Å²) in [6.45, 7) is 4.87. The molecule has 1 saturated carbocycles. The van der Waals surface area contributed by atoms with Crippen molar-refractivity contribution in [2.75, 3.05) is 54.4 Å². The topological polar surface area (TPSA) is 90.5 Å². The van der Waals surface area contributed by atoms with Gasteiger partial charge in [0.05, 0.1) is 10.4 Å². The molecule has 2 N–H and O–H groups in total. The van der Waals surface area contributed by atoms with Crippen LogP contribution in [0.3, 0.4) is 0 Å². The number of piperazine rings is 1. The number of hydrogen-bond donors (Lipinski definition) is 2. The molecule has 0 radical (unpaired) electrons. The van der Waals surface area contributed by atoms with Gasteiger partial charge in [0.1, 0.15) is 5.82 Å². The second kappa shape index (κ2) is 13.3. The van der Waals surface area contributed by atoms with Crippen molar-refractivity contribution in [1.29, 1.82) is 0 Å². The van der Waals surface area contributed by atoms with E-state index in [2.05, 4.69) is 62.3 Å². The first-order valence-corrected chi connectivity index (χ1v) is 17.1. The molecule has 1 aromatic heterocycles. The van der Waals surface area contributed by atoms with Crippen molar-refractivity contribution < 1.29 is 8.42 Å². The second-order valence-corrected chi connectivity index (χ2v) is 14.1. The Morgan fingerprint density at radius 3 is 2.05 bits per heavy atom. The SMILES string of the molecule is O=S(=O)(NC[C@H]1CC[C@H](CNc2nc(N3CCN(c4ccccc4)CC3)c3ccccc3n2)CC1)c1cc(Cl)cc(Cl)c1. The molecule has 226 valence electrons. The molecule has 2 heterocycles. The van der Waals surface area contributed by atoms with Gasteiger partial charge in [0.2, 0.25) is 16.0 Å². The van der Waals surface area contributed by atoms with Crippen LogP contribution in [0.4, 0.5) is 17.5 Å². The summed E-state index contributed by atoms with van der Waals surface area (Å²) in [5, 5.41) is 5.20. The number of sulfonamides is 1. The lowest BCUT2D eigenvalue weighted by Crippen LogP contribution is -2.47. The third-order valence-electron chi connectivity index (χ3n) is 8.51. The molecular weight excluding hydrogens is 603 g/mol. The Balaban J connectivity index is 1.03. The van der Waals surface area contributed by atoms with E-state index in [1.807, 2.05) is 12.1 Å². The van der Waals surface area contributed by atoms with Crippen LogP contribution in [0.25, 0.3) is 10.9 Å². The highest BCUT2D eigenvalue weighted by Crippen LogP contribution is 2.31. The molecule has 1 aliphatic carbocycles. The molecule has 0 atom stereocenters. The van der Waals surface area contributed by atoms with E-state index in [0.717, 1.165) is 75.1 Å². The first-order chi connectivity index (χ1) is 20.8. The van der Waals surface area contributed by atoms with Gasteiger partial charge in [-0.15, -0.1) is 0 Å². The van der Waals surface area contributed by atoms with Gasteiger partial charge < -0.3 is 15.1 Å². The fourth-order valence-corrected chi connectivity index (χ4v) is 7.91. The fourth-order valence-electron chi connectivity index (χ4n) is 6.07. The van der Waals surface area contributed by atoms with Crippen molar-refractivity contribution in [3.63, 3.8) is 0 Å². The summed E-state index contributed by atoms with van der Waals surface area (Å²) >= 11 is 12.0. The minimum atomic E-state index is -3.67. The van der Waals surface area contributed by atoms with E-state index in [0.29, 0.717) is 34.4 Å². The molecule has 2 aliphatic rings. The van der Waals surface area contributed by atoms with Gasteiger partial charge in [-0.3, -0.25) is 0 Å². The number of benzene rings is 3. The minimum absolute atomic E-state index is 0.0933. The van der Waals surface area contributed by atoms with E-state index in [4.69, 9.17) is 33.2 Å². The standard InChI is InChI=1S/C32H36Cl2N6O2S/c33-25-18-26(34)20-28(19-25)43(41,42)36-22-24-12-10-23(11-13-24)21-35-32-37-30-9-5-4-8-29(30)31(38-32)40-16-14-39(15-17-40)27-6-2-1-3-7-27/h1-9,18-20,23-24,36H,10-17,21-22H2,(H,35,37,38)/t23-,24-. The van der Waals surface area contributed by atoms with E-state index in [1.165, 1.54) is 23.9 Å². The number of aromatic nitrogens is 2. The zero-order chi connectivity index (χ0) is 29.8. The number of anilines is 3. The largest absolute Gasteiger partial charge is 0.368 e. The first-order valence-electron chi connectivity index (χ1n) is 14.9. The summed E-state index contributed by atoms with van der Waals surface area (Å²) in [4.78, 5) is 14.7. The molecule has 1 saturated heterocycles. The van der Waals surface area contributed by atoms with Gasteiger partial charge in [-0.2, -0.15) is 4.98 Å². The normalized spacial score (nSPS) is 19.5. The van der Waals surface area contributed by atoms with Crippen molar-refractivity contribution >= 4 is 61.6 Å². The molecule has 8 nitrogen and oxygen atoms in total. The molecule has 0 spiro atoms. The molecule has 11 heteroatoms. The van der Waals surface area contributed by atoms with Gasteiger partial charge in [-0.25, -0.2) is 18.1 Å². The summed E-state index contributed by atoms with van der Waals surface area (Å²) in [5.41, 5.74) is 2.20. The Labute approximate surface area is 263 Å². The van der Waals surface area contributed by atoms with E-state index in [9.17, 15) is 8.42 Å². The Hall–Kier alpha value is -3.11. The number of para-hydroxylation sites is 2. The maximum Gasteiger partial charge on any atom is 0.240 e. The predicted molar refractivity (Wildman–Crippen MR) is 176 cm³/mol. The fraction of sp³-hybridized carbons (Fsp3) is 0.375. The van der Waals surface area contributed by atoms with Crippen LogP contribution in [-0.2, 0) is 10.0 Å². The number of halogens is 2. The summed E-state index contributed by atoms with van der Waals surface area (Å²) in [7, 11) is -3.67. The monoisotopic (exact) mass is 638 g/mol. The maximum absolute atomic E-state index is 12.8. The minimum Gasteiger partial charge on any atom is -0.368 e. The van der Waals surface area contributed by atoms with Gasteiger partial charge in [0, 0.05) is 60.4 Å². The van der Waals surface area contributed by atoms with Crippen LogP contribution in [0.1, 0.15) is 25.7 Å². The second-order valence-electron chi connectivity index (χ2n) is 11.4. The maximum atomic E-state index is 12.8. The molecule has 0 bridgehead atoms. The van der Waals surface area contributed by atoms with Gasteiger partial charge in [-0.05, 0) is 80.0 Å². The number of nitrogens with one attached hydrogen (secondary N) is 2. The Bertz CT molecular complexity index is 1640. The van der Waals surface area contributed by atoms with Crippen LogP contribution >= 0.6 is 23.2 Å². The first kappa shape index (κ1) is 29.9. The average Bonchev–Trinajstić information content (AvgIpc) is 3.03. The highest BCUT2D eigenvalue weighted by atomic mass is 35.5. The summed E-state index contributed by atoms with van der Waals surface area (Å²) in [6.07, 6.45) is 3.95. The Morgan fingerprint density at radius 2 is 1.35 bits per heavy atom. The molecule has 0 unspecified atom stereocenters. The molecular formula is C32H36Cl2N6O2S. The van der Waals surface area contributed by atoms with Crippen molar-refractivity contribution in [3.05, 3.63) is 82.8 Å². The van der Waals surface area contributed by atoms with Gasteiger partial charge in [0.25, 0.3) is 0 Å². The molecule has 2 fully saturated rings. The highest BCUT2D eigenvalue weighted by Gasteiger charge is 2.25. The van der Waals surface area contributed by atoms with Crippen LogP contribution in [0, 0.1) is 11.8 Å². The molecule has 1 aliphatic heterocycles. The number of nitrogens with zero attached hydrogens (tertiary/aromatic N) is 4. The van der Waals surface area contributed by atoms with Crippen LogP contribution in [-0.4, -0.2) is 57.7 Å². The van der Waals surface area contributed by atoms with Crippen LogP contribution in [0.5, 0.6) is 0 Å². The number of fused-ring (bicyclic) bond motifs is 1. The van der Waals surface area contributed by atoms with Crippen LogP contribution in [0.15, 0.2) is 77.7 Å². The van der Waals surface area contributed by atoms with Gasteiger partial charge >= 0.3 is 0 Å². The molecule has 4 aromatic rings. The number of rotatable bonds is 9. The van der Waals surface area contributed by atoms with Crippen molar-refractivity contribution in [3.8, 4) is 0 Å². The molecule has 43 heavy (non-hydrogen) atoms. The molecule has 3 aromatic carbocycles. The van der Waals surface area contributed by atoms with Gasteiger partial charge in [0.15, 0.2) is 0 Å². The Morgan fingerprint density at radius 1 is 0.744 bits per heavy atom. The lowest BCUT2D eigenvalue weighted by molar-refractivity contribution is 0.284. The van der Waals surface area contributed by atoms with E-state index >= 15 is 0 Å². The van der Waals surface area contributed by atoms with E-state index < -0.39 is 10.0 Å². The smallest absolute Gasteiger partial charge is 0.240 e. The third-order valence-corrected chi connectivity index (χ3v) is 10.3. The number of hydrogen-bond acceptors (Lipinski definition) is 7. The quantitative estimate of drug-likeness (QED) is 0.217. The Kier molecular flexibility index (Phi) is 9.23. The average molecular weight is 640 g/mol. The van der Waals surface area contributed by atoms with E-state index in [-0.39, 0.29) is 4.90 Å². The van der Waals surface area contributed by atoms with E-state index in [1.54, 1.807) is 0 Å². The van der Waals surface area contributed by atoms with Crippen LogP contribution in [0.2, 0.25) is 10.0 Å². The third kappa shape index (κ3) is 7.34. The van der Waals surface area contributed by atoms with Crippen molar-refractivity contribution in [1.82, 2.24) is 14.7 Å². The predicted octanol–water partition coefficient (Wildman–Crippen LogP) is 6.46. The van der Waals surface area contributed by atoms with Crippen molar-refractivity contribution in [2.45, 2.75) is 30.6 Å². The lowest BCUT2D eigenvalue weighted by atomic mass is 9.82. The zero-order valence-electron chi connectivity index (χ0n) is 23.9. The zero-order valence-corrected chi connectivity index (χ0v) is 26.3. The van der Waals surface area contributed by atoms with Crippen molar-refractivity contribution in [2.24, 2.45) is 11.8 Å². The summed E-state index contributed by atoms with van der Waals surface area (Å²) in [6, 6.07) is 23.2. The van der Waals surface area contributed by atoms with Gasteiger partial charge in [-0.1, -0.05) is 53.5 Å². The van der Waals surface area contributed by atoms with Crippen LogP contribution < -0.4 is 19.8 Å². The highest BCUT2D eigenvalue weighted by molar-refractivity contribution is 7.89. The molecule has 0 amide bonds. The molecule has 6 rings (SSSR count). The summed E-state index contributed by atoms with van der Waals surface area (Å²) < 4.78 is 28.3.